The second kappa shape index (κ2) is 3.59. The highest BCUT2D eigenvalue weighted by molar-refractivity contribution is 5.38. The molecule has 0 aliphatic heterocycles. The molecule has 0 heterocycles. The highest BCUT2D eigenvalue weighted by Crippen LogP contribution is 2.58. The van der Waals surface area contributed by atoms with Crippen molar-refractivity contribution in [1.29, 1.82) is 0 Å². The molecule has 1 nitrogen and oxygen atoms in total. The van der Waals surface area contributed by atoms with E-state index in [0.29, 0.717) is 11.3 Å². The van der Waals surface area contributed by atoms with Gasteiger partial charge in [0.25, 0.3) is 0 Å². The minimum atomic E-state index is -0.283. The maximum absolute atomic E-state index is 10.4. The zero-order chi connectivity index (χ0) is 12.1. The minimum Gasteiger partial charge on any atom is -0.388 e. The smallest absolute Gasteiger partial charge is 0.0826 e. The van der Waals surface area contributed by atoms with E-state index in [9.17, 15) is 5.11 Å². The van der Waals surface area contributed by atoms with Gasteiger partial charge in [0, 0.05) is 0 Å². The molecule has 2 unspecified atom stereocenters. The van der Waals surface area contributed by atoms with Crippen LogP contribution < -0.4 is 0 Å². The number of aliphatic hydroxyl groups excluding tert-OH is 1. The standard InChI is InChI=1S/C15H22O/c1-9-6-11(3)12(7-10(9)2)14(16)13-8-15(13,4)5/h6-7,13-14,16H,8H2,1-5H3. The van der Waals surface area contributed by atoms with Gasteiger partial charge < -0.3 is 5.11 Å². The summed E-state index contributed by atoms with van der Waals surface area (Å²) < 4.78 is 0. The van der Waals surface area contributed by atoms with Crippen molar-refractivity contribution >= 4 is 0 Å². The predicted octanol–water partition coefficient (Wildman–Crippen LogP) is 3.69. The van der Waals surface area contributed by atoms with Gasteiger partial charge in [-0.15, -0.1) is 0 Å². The van der Waals surface area contributed by atoms with Gasteiger partial charge in [-0.2, -0.15) is 0 Å². The van der Waals surface area contributed by atoms with E-state index >= 15 is 0 Å². The molecule has 0 radical (unpaired) electrons. The molecule has 2 atom stereocenters. The molecule has 1 aromatic rings. The van der Waals surface area contributed by atoms with Crippen molar-refractivity contribution in [1.82, 2.24) is 0 Å². The van der Waals surface area contributed by atoms with Crippen LogP contribution in [-0.4, -0.2) is 5.11 Å². The lowest BCUT2D eigenvalue weighted by Gasteiger charge is -2.17. The second-order valence-electron chi connectivity index (χ2n) is 6.04. The van der Waals surface area contributed by atoms with E-state index in [-0.39, 0.29) is 6.10 Å². The Labute approximate surface area is 98.5 Å². The average Bonchev–Trinajstić information content (AvgIpc) is 2.80. The lowest BCUT2D eigenvalue weighted by atomic mass is 9.93. The van der Waals surface area contributed by atoms with E-state index in [1.807, 2.05) is 0 Å². The summed E-state index contributed by atoms with van der Waals surface area (Å²) in [6.45, 7) is 10.8. The van der Waals surface area contributed by atoms with Gasteiger partial charge in [-0.05, 0) is 60.8 Å². The van der Waals surface area contributed by atoms with E-state index < -0.39 is 0 Å². The highest BCUT2D eigenvalue weighted by atomic mass is 16.3. The van der Waals surface area contributed by atoms with Crippen molar-refractivity contribution in [2.75, 3.05) is 0 Å². The van der Waals surface area contributed by atoms with E-state index in [0.717, 1.165) is 12.0 Å². The molecular weight excluding hydrogens is 196 g/mol. The summed E-state index contributed by atoms with van der Waals surface area (Å²) in [5.74, 6) is 0.438. The fourth-order valence-electron chi connectivity index (χ4n) is 2.57. The van der Waals surface area contributed by atoms with Gasteiger partial charge in [0.15, 0.2) is 0 Å². The molecular formula is C15H22O. The summed E-state index contributed by atoms with van der Waals surface area (Å²) in [6.07, 6.45) is 0.856. The third-order valence-electron chi connectivity index (χ3n) is 4.17. The van der Waals surface area contributed by atoms with Crippen molar-refractivity contribution in [3.8, 4) is 0 Å². The molecule has 0 bridgehead atoms. The maximum atomic E-state index is 10.4. The lowest BCUT2D eigenvalue weighted by molar-refractivity contribution is 0.137. The highest BCUT2D eigenvalue weighted by Gasteiger charge is 2.50. The topological polar surface area (TPSA) is 20.2 Å². The Morgan fingerprint density at radius 1 is 1.12 bits per heavy atom. The Bertz CT molecular complexity index is 418. The molecule has 2 rings (SSSR count). The minimum absolute atomic E-state index is 0.283. The molecule has 1 fully saturated rings. The van der Waals surface area contributed by atoms with Crippen molar-refractivity contribution in [2.45, 2.75) is 47.1 Å². The van der Waals surface area contributed by atoms with Crippen molar-refractivity contribution in [3.63, 3.8) is 0 Å². The molecule has 1 heteroatoms. The molecule has 1 saturated carbocycles. The molecule has 0 aromatic heterocycles. The molecule has 0 saturated heterocycles. The molecule has 88 valence electrons. The Hall–Kier alpha value is -0.820. The summed E-state index contributed by atoms with van der Waals surface area (Å²) in [4.78, 5) is 0. The van der Waals surface area contributed by atoms with Crippen LogP contribution in [0, 0.1) is 32.1 Å². The van der Waals surface area contributed by atoms with Crippen molar-refractivity contribution in [2.24, 2.45) is 11.3 Å². The third-order valence-corrected chi connectivity index (χ3v) is 4.17. The summed E-state index contributed by atoms with van der Waals surface area (Å²) in [7, 11) is 0. The van der Waals surface area contributed by atoms with E-state index in [2.05, 4.69) is 46.8 Å². The van der Waals surface area contributed by atoms with Crippen LogP contribution >= 0.6 is 0 Å². The van der Waals surface area contributed by atoms with Crippen LogP contribution in [0.4, 0.5) is 0 Å². The Morgan fingerprint density at radius 2 is 1.62 bits per heavy atom. The first-order valence-corrected chi connectivity index (χ1v) is 6.09. The fourth-order valence-corrected chi connectivity index (χ4v) is 2.57. The number of aryl methyl sites for hydroxylation is 3. The van der Waals surface area contributed by atoms with Gasteiger partial charge in [-0.3, -0.25) is 0 Å². The molecule has 1 aliphatic carbocycles. The largest absolute Gasteiger partial charge is 0.388 e. The van der Waals surface area contributed by atoms with Crippen molar-refractivity contribution < 1.29 is 5.11 Å². The first-order chi connectivity index (χ1) is 7.33. The van der Waals surface area contributed by atoms with Gasteiger partial charge in [0.05, 0.1) is 6.10 Å². The van der Waals surface area contributed by atoms with Crippen LogP contribution in [-0.2, 0) is 0 Å². The molecule has 16 heavy (non-hydrogen) atoms. The van der Waals surface area contributed by atoms with Gasteiger partial charge in [-0.1, -0.05) is 26.0 Å². The van der Waals surface area contributed by atoms with Crippen molar-refractivity contribution in [3.05, 3.63) is 34.4 Å². The quantitative estimate of drug-likeness (QED) is 0.802. The van der Waals surface area contributed by atoms with Crippen LogP contribution in [0.3, 0.4) is 0 Å². The van der Waals surface area contributed by atoms with E-state index in [1.165, 1.54) is 16.7 Å². The molecule has 1 aliphatic rings. The number of benzene rings is 1. The van der Waals surface area contributed by atoms with Gasteiger partial charge in [-0.25, -0.2) is 0 Å². The van der Waals surface area contributed by atoms with Crippen LogP contribution in [0.25, 0.3) is 0 Å². The Morgan fingerprint density at radius 3 is 2.12 bits per heavy atom. The van der Waals surface area contributed by atoms with Crippen LogP contribution in [0.2, 0.25) is 0 Å². The zero-order valence-corrected chi connectivity index (χ0v) is 11.0. The normalized spacial score (nSPS) is 24.2. The van der Waals surface area contributed by atoms with Crippen LogP contribution in [0.15, 0.2) is 12.1 Å². The lowest BCUT2D eigenvalue weighted by Crippen LogP contribution is -2.07. The maximum Gasteiger partial charge on any atom is 0.0826 e. The number of aliphatic hydroxyl groups is 1. The fraction of sp³-hybridized carbons (Fsp3) is 0.600. The second-order valence-corrected chi connectivity index (χ2v) is 6.04. The van der Waals surface area contributed by atoms with Crippen LogP contribution in [0.5, 0.6) is 0 Å². The van der Waals surface area contributed by atoms with Gasteiger partial charge in [0.2, 0.25) is 0 Å². The van der Waals surface area contributed by atoms with E-state index in [1.54, 1.807) is 0 Å². The Kier molecular flexibility index (Phi) is 2.62. The first kappa shape index (κ1) is 11.7. The van der Waals surface area contributed by atoms with E-state index in [4.69, 9.17) is 0 Å². The first-order valence-electron chi connectivity index (χ1n) is 6.09. The monoisotopic (exact) mass is 218 g/mol. The molecule has 1 aromatic carbocycles. The summed E-state index contributed by atoms with van der Waals surface area (Å²) in [5.41, 5.74) is 5.25. The summed E-state index contributed by atoms with van der Waals surface area (Å²) in [6, 6.07) is 4.34. The average molecular weight is 218 g/mol. The van der Waals surface area contributed by atoms with Gasteiger partial charge in [0.1, 0.15) is 0 Å². The summed E-state index contributed by atoms with van der Waals surface area (Å²) in [5, 5.41) is 10.4. The van der Waals surface area contributed by atoms with Crippen LogP contribution in [0.1, 0.15) is 48.6 Å². The molecule has 0 spiro atoms. The number of hydrogen-bond acceptors (Lipinski definition) is 1. The Balaban J connectivity index is 2.31. The zero-order valence-electron chi connectivity index (χ0n) is 11.0. The molecule has 1 N–H and O–H groups in total. The molecule has 0 amide bonds. The predicted molar refractivity (Wildman–Crippen MR) is 67.5 cm³/mol. The number of rotatable bonds is 2. The number of hydrogen-bond donors (Lipinski definition) is 1. The third kappa shape index (κ3) is 1.89. The summed E-state index contributed by atoms with van der Waals surface area (Å²) >= 11 is 0. The SMILES string of the molecule is Cc1cc(C)c(C(O)C2CC2(C)C)cc1C. The van der Waals surface area contributed by atoms with Gasteiger partial charge >= 0.3 is 0 Å².